The zero-order valence-electron chi connectivity index (χ0n) is 22.7. The van der Waals surface area contributed by atoms with E-state index in [1.165, 1.54) is 0 Å². The molecule has 208 valence electrons. The van der Waals surface area contributed by atoms with Gasteiger partial charge in [-0.05, 0) is 12.1 Å². The fraction of sp³-hybridized carbons (Fsp3) is 0. The smallest absolute Gasteiger partial charge is 0.162 e. The summed E-state index contributed by atoms with van der Waals surface area (Å²) in [6.45, 7) is 0. The first kappa shape index (κ1) is 27.2. The summed E-state index contributed by atoms with van der Waals surface area (Å²) in [4.78, 5) is 10.3. The van der Waals surface area contributed by atoms with Crippen molar-refractivity contribution in [1.29, 1.82) is 0 Å². The molecule has 2 aromatic heterocycles. The second kappa shape index (κ2) is 11.6. The van der Waals surface area contributed by atoms with Gasteiger partial charge in [0.15, 0.2) is 5.82 Å². The number of halogens is 3. The molecule has 0 saturated heterocycles. The normalized spacial score (nSPS) is 11.1. The molecule has 0 spiro atoms. The van der Waals surface area contributed by atoms with Gasteiger partial charge in [-0.2, -0.15) is 0 Å². The summed E-state index contributed by atoms with van der Waals surface area (Å²) in [5.74, 6) is 0.571. The van der Waals surface area contributed by atoms with Crippen LogP contribution in [0.5, 0.6) is 0 Å². The number of hydrogen-bond donors (Lipinski definition) is 0. The van der Waals surface area contributed by atoms with Crippen molar-refractivity contribution in [3.05, 3.63) is 155 Å². The fourth-order valence-electron chi connectivity index (χ4n) is 5.33. The number of hydrogen-bond acceptors (Lipinski definition) is 2. The van der Waals surface area contributed by atoms with Crippen LogP contribution in [0.4, 0.5) is 0 Å². The Balaban J connectivity index is 1.65. The molecule has 5 aromatic carbocycles. The van der Waals surface area contributed by atoms with E-state index in [1.54, 1.807) is 12.1 Å². The van der Waals surface area contributed by atoms with Crippen LogP contribution in [0.25, 0.3) is 56.4 Å². The number of nitrogens with zero attached hydrogens (tertiary/aromatic N) is 4. The fourth-order valence-corrected chi connectivity index (χ4v) is 6.02. The van der Waals surface area contributed by atoms with Crippen LogP contribution in [0.3, 0.4) is 0 Å². The number of imidazole rings is 2. The number of benzene rings is 5. The third-order valence-electron chi connectivity index (χ3n) is 7.24. The van der Waals surface area contributed by atoms with Crippen molar-refractivity contribution in [2.24, 2.45) is 0 Å². The molecule has 4 nitrogen and oxygen atoms in total. The molecule has 0 radical (unpaired) electrons. The van der Waals surface area contributed by atoms with Crippen molar-refractivity contribution in [2.45, 2.75) is 0 Å². The van der Waals surface area contributed by atoms with E-state index in [0.717, 1.165) is 45.0 Å². The number of aromatic nitrogens is 4. The maximum Gasteiger partial charge on any atom is 0.162 e. The Morgan fingerprint density at radius 3 is 1.56 bits per heavy atom. The van der Waals surface area contributed by atoms with Crippen molar-refractivity contribution >= 4 is 34.8 Å². The van der Waals surface area contributed by atoms with Crippen LogP contribution in [0.1, 0.15) is 0 Å². The van der Waals surface area contributed by atoms with Gasteiger partial charge in [-0.1, -0.05) is 156 Å². The monoisotopic (exact) mass is 616 g/mol. The highest BCUT2D eigenvalue weighted by molar-refractivity contribution is 6.45. The van der Waals surface area contributed by atoms with Gasteiger partial charge in [-0.15, -0.1) is 0 Å². The van der Waals surface area contributed by atoms with E-state index in [1.807, 2.05) is 83.8 Å². The first-order valence-corrected chi connectivity index (χ1v) is 14.8. The Hall–Kier alpha value is -4.61. The molecule has 0 saturated carbocycles. The zero-order chi connectivity index (χ0) is 29.3. The van der Waals surface area contributed by atoms with Gasteiger partial charge >= 0.3 is 0 Å². The Morgan fingerprint density at radius 1 is 0.512 bits per heavy atom. The van der Waals surface area contributed by atoms with Gasteiger partial charge in [0.05, 0.1) is 32.8 Å². The topological polar surface area (TPSA) is 35.6 Å². The number of rotatable bonds is 6. The van der Waals surface area contributed by atoms with Crippen LogP contribution < -0.4 is 0 Å². The van der Waals surface area contributed by atoms with E-state index >= 15 is 0 Å². The van der Waals surface area contributed by atoms with Gasteiger partial charge in [-0.3, -0.25) is 0 Å². The largest absolute Gasteiger partial charge is 0.234 e. The van der Waals surface area contributed by atoms with Gasteiger partial charge in [0, 0.05) is 32.8 Å². The Bertz CT molecular complexity index is 2040. The Morgan fingerprint density at radius 2 is 1.00 bits per heavy atom. The lowest BCUT2D eigenvalue weighted by molar-refractivity contribution is 0.679. The van der Waals surface area contributed by atoms with Crippen molar-refractivity contribution in [3.8, 4) is 56.4 Å². The molecule has 7 rings (SSSR count). The van der Waals surface area contributed by atoms with E-state index in [9.17, 15) is 0 Å². The molecule has 0 N–H and O–H groups in total. The van der Waals surface area contributed by atoms with Crippen molar-refractivity contribution in [2.75, 3.05) is 0 Å². The lowest BCUT2D eigenvalue weighted by Gasteiger charge is -2.18. The van der Waals surface area contributed by atoms with Crippen molar-refractivity contribution in [1.82, 2.24) is 19.3 Å². The van der Waals surface area contributed by atoms with Gasteiger partial charge in [0.1, 0.15) is 6.33 Å². The van der Waals surface area contributed by atoms with Gasteiger partial charge < -0.3 is 0 Å². The maximum absolute atomic E-state index is 6.90. The standard InChI is InChI=1S/C36H23Cl3N4/c37-28-21-29(31(39)30(38)22-28)36-41-33(25-15-7-2-8-16-25)35(27-19-11-4-12-20-27)43(36)42-23-40-32(24-13-5-1-6-14-24)34(42)26-17-9-3-10-18-26/h1-23H. The first-order chi connectivity index (χ1) is 21.1. The second-order valence-electron chi connectivity index (χ2n) is 9.94. The summed E-state index contributed by atoms with van der Waals surface area (Å²) in [6.07, 6.45) is 1.83. The molecule has 0 fully saturated rings. The summed E-state index contributed by atoms with van der Waals surface area (Å²) >= 11 is 20.1. The molecule has 0 bridgehead atoms. The van der Waals surface area contributed by atoms with E-state index in [2.05, 4.69) is 53.2 Å². The molecule has 7 heteroatoms. The predicted molar refractivity (Wildman–Crippen MR) is 177 cm³/mol. The zero-order valence-corrected chi connectivity index (χ0v) is 25.0. The second-order valence-corrected chi connectivity index (χ2v) is 11.2. The lowest BCUT2D eigenvalue weighted by Crippen LogP contribution is -2.13. The summed E-state index contributed by atoms with van der Waals surface area (Å²) < 4.78 is 4.10. The summed E-state index contributed by atoms with van der Waals surface area (Å²) in [7, 11) is 0. The van der Waals surface area contributed by atoms with Crippen LogP contribution in [-0.2, 0) is 0 Å². The first-order valence-electron chi connectivity index (χ1n) is 13.7. The SMILES string of the molecule is Clc1cc(Cl)c(Cl)c(-c2nc(-c3ccccc3)c(-c3ccccc3)n2-n2cnc(-c3ccccc3)c2-c2ccccc2)c1. The third kappa shape index (κ3) is 5.04. The molecule has 0 atom stereocenters. The van der Waals surface area contributed by atoms with Gasteiger partial charge in [0.25, 0.3) is 0 Å². The molecule has 0 aliphatic carbocycles. The minimum atomic E-state index is 0.347. The molecule has 43 heavy (non-hydrogen) atoms. The third-order valence-corrected chi connectivity index (χ3v) is 8.26. The summed E-state index contributed by atoms with van der Waals surface area (Å²) in [6, 6.07) is 44.1. The molecule has 0 aliphatic rings. The van der Waals surface area contributed by atoms with E-state index in [0.29, 0.717) is 26.5 Å². The molecule has 0 aliphatic heterocycles. The van der Waals surface area contributed by atoms with Crippen LogP contribution in [0, 0.1) is 0 Å². The molecular formula is C36H23Cl3N4. The highest BCUT2D eigenvalue weighted by atomic mass is 35.5. The van der Waals surface area contributed by atoms with E-state index in [4.69, 9.17) is 44.8 Å². The lowest BCUT2D eigenvalue weighted by atomic mass is 10.0. The van der Waals surface area contributed by atoms with Crippen LogP contribution in [0.15, 0.2) is 140 Å². The summed E-state index contributed by atoms with van der Waals surface area (Å²) in [5, 5.41) is 1.17. The average molecular weight is 618 g/mol. The highest BCUT2D eigenvalue weighted by Crippen LogP contribution is 2.43. The predicted octanol–water partition coefficient (Wildman–Crippen LogP) is 10.7. The van der Waals surface area contributed by atoms with E-state index < -0.39 is 0 Å². The minimum absolute atomic E-state index is 0.347. The van der Waals surface area contributed by atoms with E-state index in [-0.39, 0.29) is 0 Å². The maximum atomic E-state index is 6.90. The molecule has 0 amide bonds. The highest BCUT2D eigenvalue weighted by Gasteiger charge is 2.27. The Kier molecular flexibility index (Phi) is 7.33. The molecule has 2 heterocycles. The quantitative estimate of drug-likeness (QED) is 0.174. The van der Waals surface area contributed by atoms with Crippen LogP contribution in [-0.4, -0.2) is 19.3 Å². The molecular weight excluding hydrogens is 595 g/mol. The summed E-state index contributed by atoms with van der Waals surface area (Å²) in [5.41, 5.74) is 7.89. The molecule has 0 unspecified atom stereocenters. The van der Waals surface area contributed by atoms with Crippen LogP contribution in [0.2, 0.25) is 15.1 Å². The van der Waals surface area contributed by atoms with Crippen LogP contribution >= 0.6 is 34.8 Å². The van der Waals surface area contributed by atoms with Crippen molar-refractivity contribution < 1.29 is 0 Å². The minimum Gasteiger partial charge on any atom is -0.234 e. The Labute approximate surface area is 264 Å². The van der Waals surface area contributed by atoms with Crippen molar-refractivity contribution in [3.63, 3.8) is 0 Å². The average Bonchev–Trinajstić information content (AvgIpc) is 3.67. The van der Waals surface area contributed by atoms with Gasteiger partial charge in [0.2, 0.25) is 0 Å². The molecule has 7 aromatic rings. The van der Waals surface area contributed by atoms with Gasteiger partial charge in [-0.25, -0.2) is 19.3 Å².